The van der Waals surface area contributed by atoms with E-state index >= 15 is 0 Å². The molecule has 3 nitrogen and oxygen atoms in total. The monoisotopic (exact) mass is 730 g/mol. The Balaban J connectivity index is 0.000000170. The molecule has 7 rings (SSSR count). The van der Waals surface area contributed by atoms with Crippen molar-refractivity contribution in [2.75, 3.05) is 0 Å². The molecule has 230 valence electrons. The Morgan fingerprint density at radius 3 is 0.609 bits per heavy atom. The molecule has 1 aliphatic heterocycles. The third kappa shape index (κ3) is 10.1. The number of cyclic esters (lactones) is 2. The molecular formula is C40H34O3P2Pd+2. The predicted molar refractivity (Wildman–Crippen MR) is 193 cm³/mol. The van der Waals surface area contributed by atoms with Crippen LogP contribution in [0.3, 0.4) is 0 Å². The molecule has 6 aromatic carbocycles. The first-order valence-corrected chi connectivity index (χ1v) is 17.7. The first-order chi connectivity index (χ1) is 22.2. The molecule has 0 radical (unpaired) electrons. The van der Waals surface area contributed by atoms with Gasteiger partial charge in [0.05, 0.1) is 15.8 Å². The van der Waals surface area contributed by atoms with E-state index in [2.05, 4.69) is 187 Å². The zero-order chi connectivity index (χ0) is 31.1. The quantitative estimate of drug-likeness (QED) is 0.0918. The predicted octanol–water partition coefficient (Wildman–Crippen LogP) is 5.98. The summed E-state index contributed by atoms with van der Waals surface area (Å²) in [5.41, 5.74) is 0. The van der Waals surface area contributed by atoms with Gasteiger partial charge < -0.3 is 4.74 Å². The first kappa shape index (κ1) is 34.6. The zero-order valence-electron chi connectivity index (χ0n) is 25.0. The minimum absolute atomic E-state index is 0. The summed E-state index contributed by atoms with van der Waals surface area (Å²) in [6.07, 6.45) is 2.17. The van der Waals surface area contributed by atoms with Crippen molar-refractivity contribution >= 4 is 59.6 Å². The molecule has 46 heavy (non-hydrogen) atoms. The molecule has 1 aliphatic rings. The van der Waals surface area contributed by atoms with E-state index in [1.54, 1.807) is 0 Å². The molecule has 0 N–H and O–H groups in total. The van der Waals surface area contributed by atoms with E-state index < -0.39 is 27.8 Å². The molecule has 0 fully saturated rings. The molecule has 0 aliphatic carbocycles. The largest absolute Gasteiger partial charge is 0.387 e. The van der Waals surface area contributed by atoms with Gasteiger partial charge in [0, 0.05) is 32.6 Å². The molecule has 0 bridgehead atoms. The minimum Gasteiger partial charge on any atom is -0.387 e. The van der Waals surface area contributed by atoms with Gasteiger partial charge in [0.1, 0.15) is 31.8 Å². The Morgan fingerprint density at radius 1 is 0.304 bits per heavy atom. The standard InChI is InChI=1S/2C18H15P.C4H2O3.Pd/c2*1-4-10-16(11-5-1)19(17-12-6-2-7-13-17)18-14-8-3-9-15-18;5-3-1-2-4(6)7-3;/h2*1-15H;1-2H;/p+2. The molecule has 0 amide bonds. The molecular weight excluding hydrogens is 697 g/mol. The maximum absolute atomic E-state index is 9.92. The van der Waals surface area contributed by atoms with Gasteiger partial charge in [0.2, 0.25) is 0 Å². The third-order valence-corrected chi connectivity index (χ3v) is 12.4. The Bertz CT molecular complexity index is 1460. The fourth-order valence-electron chi connectivity index (χ4n) is 4.93. The molecule has 0 atom stereocenters. The summed E-state index contributed by atoms with van der Waals surface area (Å²) < 4.78 is 3.97. The van der Waals surface area contributed by atoms with Gasteiger partial charge in [-0.2, -0.15) is 0 Å². The topological polar surface area (TPSA) is 43.4 Å². The summed E-state index contributed by atoms with van der Waals surface area (Å²) in [5, 5.41) is 8.61. The van der Waals surface area contributed by atoms with Crippen molar-refractivity contribution in [3.05, 3.63) is 194 Å². The van der Waals surface area contributed by atoms with Gasteiger partial charge in [0.15, 0.2) is 0 Å². The molecule has 0 aromatic heterocycles. The van der Waals surface area contributed by atoms with Crippen LogP contribution in [0, 0.1) is 0 Å². The minimum atomic E-state index is -0.877. The average Bonchev–Trinajstić information content (AvgIpc) is 3.50. The van der Waals surface area contributed by atoms with Gasteiger partial charge in [-0.1, -0.05) is 109 Å². The van der Waals surface area contributed by atoms with Crippen molar-refractivity contribution in [1.29, 1.82) is 0 Å². The van der Waals surface area contributed by atoms with Crippen molar-refractivity contribution in [3.8, 4) is 0 Å². The van der Waals surface area contributed by atoms with E-state index in [0.717, 1.165) is 12.2 Å². The summed E-state index contributed by atoms with van der Waals surface area (Å²) in [7, 11) is -1.75. The van der Waals surface area contributed by atoms with E-state index in [1.807, 2.05) is 0 Å². The number of ether oxygens (including phenoxy) is 1. The van der Waals surface area contributed by atoms with Crippen LogP contribution in [0.25, 0.3) is 0 Å². The van der Waals surface area contributed by atoms with Crippen LogP contribution in [0.4, 0.5) is 0 Å². The second-order valence-corrected chi connectivity index (χ2v) is 15.0. The van der Waals surface area contributed by atoms with E-state index in [1.165, 1.54) is 31.8 Å². The van der Waals surface area contributed by atoms with Crippen LogP contribution >= 0.6 is 15.8 Å². The Kier molecular flexibility index (Phi) is 14.0. The molecule has 6 aromatic rings. The smallest absolute Gasteiger partial charge is 0.338 e. The fraction of sp³-hybridized carbons (Fsp3) is 0. The Labute approximate surface area is 287 Å². The van der Waals surface area contributed by atoms with Crippen LogP contribution in [0.1, 0.15) is 0 Å². The van der Waals surface area contributed by atoms with Gasteiger partial charge in [-0.3, -0.25) is 0 Å². The van der Waals surface area contributed by atoms with Crippen LogP contribution in [0.5, 0.6) is 0 Å². The van der Waals surface area contributed by atoms with Crippen LogP contribution in [-0.2, 0) is 34.7 Å². The first-order valence-electron chi connectivity index (χ1n) is 14.7. The molecule has 0 unspecified atom stereocenters. The number of benzene rings is 6. The number of hydrogen-bond donors (Lipinski definition) is 0. The van der Waals surface area contributed by atoms with Crippen molar-refractivity contribution in [3.63, 3.8) is 0 Å². The van der Waals surface area contributed by atoms with Crippen molar-refractivity contribution in [1.82, 2.24) is 0 Å². The molecule has 1 heterocycles. The molecule has 0 saturated carbocycles. The van der Waals surface area contributed by atoms with E-state index in [4.69, 9.17) is 0 Å². The van der Waals surface area contributed by atoms with Crippen LogP contribution in [0.15, 0.2) is 194 Å². The number of esters is 2. The molecule has 0 spiro atoms. The Morgan fingerprint density at radius 2 is 0.478 bits per heavy atom. The number of hydrogen-bond acceptors (Lipinski definition) is 3. The number of carbonyl (C=O) groups is 2. The SMILES string of the molecule is O=C1C=CC(=O)O1.[Pd].c1ccc([PH+](c2ccccc2)c2ccccc2)cc1.c1ccc([PH+](c2ccccc2)c2ccccc2)cc1. The number of carbonyl (C=O) groups excluding carboxylic acids is 2. The summed E-state index contributed by atoms with van der Waals surface area (Å²) in [5.74, 6) is -1.16. The normalized spacial score (nSPS) is 11.4. The van der Waals surface area contributed by atoms with Gasteiger partial charge in [-0.05, 0) is 72.8 Å². The van der Waals surface area contributed by atoms with Crippen molar-refractivity contribution < 1.29 is 34.7 Å². The van der Waals surface area contributed by atoms with Crippen LogP contribution in [-0.4, -0.2) is 11.9 Å². The summed E-state index contributed by atoms with van der Waals surface area (Å²) in [6.45, 7) is 0. The fourth-order valence-corrected chi connectivity index (χ4v) is 10.1. The van der Waals surface area contributed by atoms with Gasteiger partial charge in [-0.25, -0.2) is 9.59 Å². The van der Waals surface area contributed by atoms with Gasteiger partial charge in [0.25, 0.3) is 0 Å². The van der Waals surface area contributed by atoms with Crippen molar-refractivity contribution in [2.45, 2.75) is 0 Å². The van der Waals surface area contributed by atoms with Crippen LogP contribution < -0.4 is 31.8 Å². The maximum atomic E-state index is 9.92. The average molecular weight is 731 g/mol. The summed E-state index contributed by atoms with van der Waals surface area (Å²) >= 11 is 0. The number of rotatable bonds is 6. The second-order valence-electron chi connectivity index (χ2n) is 10.0. The van der Waals surface area contributed by atoms with Crippen LogP contribution in [0.2, 0.25) is 0 Å². The summed E-state index contributed by atoms with van der Waals surface area (Å²) in [6, 6.07) is 65.0. The van der Waals surface area contributed by atoms with Crippen molar-refractivity contribution in [2.24, 2.45) is 0 Å². The van der Waals surface area contributed by atoms with E-state index in [9.17, 15) is 9.59 Å². The third-order valence-electron chi connectivity index (χ3n) is 6.93. The molecule has 6 heteroatoms. The summed E-state index contributed by atoms with van der Waals surface area (Å²) in [4.78, 5) is 19.8. The second kappa shape index (κ2) is 18.6. The van der Waals surface area contributed by atoms with Gasteiger partial charge >= 0.3 is 11.9 Å². The van der Waals surface area contributed by atoms with Gasteiger partial charge in [-0.15, -0.1) is 0 Å². The maximum Gasteiger partial charge on any atom is 0.338 e. The molecule has 0 saturated heterocycles. The Hall–Kier alpha value is -4.28. The zero-order valence-corrected chi connectivity index (χ0v) is 28.6. The van der Waals surface area contributed by atoms with E-state index in [-0.39, 0.29) is 20.4 Å². The van der Waals surface area contributed by atoms with E-state index in [0.29, 0.717) is 0 Å².